The van der Waals surface area contributed by atoms with E-state index in [1.54, 1.807) is 0 Å². The minimum absolute atomic E-state index is 0. The molecule has 7 heteroatoms. The lowest BCUT2D eigenvalue weighted by Gasteiger charge is -2.17. The van der Waals surface area contributed by atoms with Gasteiger partial charge < -0.3 is 10.6 Å². The van der Waals surface area contributed by atoms with Crippen molar-refractivity contribution in [2.45, 2.75) is 6.42 Å². The molecule has 1 aliphatic heterocycles. The molecule has 2 N–H and O–H groups in total. The molecule has 1 atom stereocenters. The number of likely N-dealkylation sites (tertiary alicyclic amines) is 1. The van der Waals surface area contributed by atoms with Crippen molar-refractivity contribution in [1.82, 2.24) is 4.90 Å². The maximum atomic E-state index is 13.7. The molecule has 1 aromatic carbocycles. The summed E-state index contributed by atoms with van der Waals surface area (Å²) in [5.74, 6) is -2.07. The smallest absolute Gasteiger partial charge is 0.259 e. The average Bonchev–Trinajstić information content (AvgIpc) is 2.75. The highest BCUT2D eigenvalue weighted by Gasteiger charge is 2.29. The van der Waals surface area contributed by atoms with E-state index in [9.17, 15) is 13.6 Å². The van der Waals surface area contributed by atoms with Crippen LogP contribution >= 0.6 is 28.3 Å². The third-order valence-electron chi connectivity index (χ3n) is 3.13. The largest absolute Gasteiger partial charge is 0.338 e. The Labute approximate surface area is 124 Å². The summed E-state index contributed by atoms with van der Waals surface area (Å²) in [5.41, 5.74) is 5.03. The number of halogens is 4. The van der Waals surface area contributed by atoms with Crippen molar-refractivity contribution >= 4 is 34.2 Å². The van der Waals surface area contributed by atoms with Gasteiger partial charge in [0.1, 0.15) is 17.2 Å². The first-order chi connectivity index (χ1) is 8.52. The van der Waals surface area contributed by atoms with Crippen LogP contribution in [0.2, 0.25) is 0 Å². The van der Waals surface area contributed by atoms with Gasteiger partial charge in [0.15, 0.2) is 0 Å². The molecule has 1 saturated heterocycles. The molecule has 0 aromatic heterocycles. The van der Waals surface area contributed by atoms with Crippen LogP contribution in [0.3, 0.4) is 0 Å². The number of amides is 1. The number of benzene rings is 1. The summed E-state index contributed by atoms with van der Waals surface area (Å²) < 4.78 is 27.6. The Balaban J connectivity index is 0.00000180. The highest BCUT2D eigenvalue weighted by atomic mass is 79.9. The highest BCUT2D eigenvalue weighted by Crippen LogP contribution is 2.23. The van der Waals surface area contributed by atoms with Gasteiger partial charge in [-0.1, -0.05) is 15.9 Å². The third-order valence-corrected chi connectivity index (χ3v) is 3.58. The van der Waals surface area contributed by atoms with E-state index in [0.29, 0.717) is 19.6 Å². The number of hydrogen-bond donors (Lipinski definition) is 1. The molecule has 1 aromatic rings. The molecule has 2 rings (SSSR count). The van der Waals surface area contributed by atoms with E-state index in [1.165, 1.54) is 4.90 Å². The second-order valence-corrected chi connectivity index (χ2v) is 5.30. The van der Waals surface area contributed by atoms with Gasteiger partial charge in [-0.2, -0.15) is 0 Å². The summed E-state index contributed by atoms with van der Waals surface area (Å²) in [7, 11) is 0. The first-order valence-electron chi connectivity index (χ1n) is 5.66. The fourth-order valence-electron chi connectivity index (χ4n) is 2.11. The van der Waals surface area contributed by atoms with Crippen LogP contribution in [0.25, 0.3) is 0 Å². The second kappa shape index (κ2) is 6.63. The van der Waals surface area contributed by atoms with Crippen molar-refractivity contribution in [2.24, 2.45) is 11.7 Å². The van der Waals surface area contributed by atoms with Gasteiger partial charge in [-0.15, -0.1) is 12.4 Å². The zero-order valence-electron chi connectivity index (χ0n) is 10.0. The topological polar surface area (TPSA) is 46.3 Å². The molecule has 0 bridgehead atoms. The molecule has 1 fully saturated rings. The number of carbonyl (C=O) groups excluding carboxylic acids is 1. The Morgan fingerprint density at radius 2 is 2.00 bits per heavy atom. The molecule has 0 aliphatic carbocycles. The Hall–Kier alpha value is -0.720. The van der Waals surface area contributed by atoms with E-state index in [-0.39, 0.29) is 22.8 Å². The number of nitrogens with two attached hydrogens (primary N) is 1. The van der Waals surface area contributed by atoms with Crippen molar-refractivity contribution < 1.29 is 13.6 Å². The zero-order chi connectivity index (χ0) is 13.3. The summed E-state index contributed by atoms with van der Waals surface area (Å²) >= 11 is 2.98. The molecular weight excluding hydrogens is 341 g/mol. The van der Waals surface area contributed by atoms with E-state index in [2.05, 4.69) is 15.9 Å². The van der Waals surface area contributed by atoms with Crippen LogP contribution in [0.5, 0.6) is 0 Å². The number of rotatable bonds is 2. The predicted octanol–water partition coefficient (Wildman–Crippen LogP) is 2.57. The van der Waals surface area contributed by atoms with Crippen molar-refractivity contribution in [3.05, 3.63) is 33.8 Å². The highest BCUT2D eigenvalue weighted by molar-refractivity contribution is 9.10. The average molecular weight is 356 g/mol. The van der Waals surface area contributed by atoms with Crippen LogP contribution in [0.15, 0.2) is 16.6 Å². The van der Waals surface area contributed by atoms with Gasteiger partial charge in [0.05, 0.1) is 0 Å². The maximum Gasteiger partial charge on any atom is 0.259 e. The van der Waals surface area contributed by atoms with E-state index < -0.39 is 23.1 Å². The van der Waals surface area contributed by atoms with E-state index in [1.807, 2.05) is 0 Å². The fourth-order valence-corrected chi connectivity index (χ4v) is 2.52. The Morgan fingerprint density at radius 1 is 1.42 bits per heavy atom. The van der Waals surface area contributed by atoms with E-state index in [0.717, 1.165) is 18.6 Å². The Morgan fingerprint density at radius 3 is 2.47 bits per heavy atom. The normalized spacial score (nSPS) is 18.3. The maximum absolute atomic E-state index is 13.7. The van der Waals surface area contributed by atoms with Crippen molar-refractivity contribution in [3.8, 4) is 0 Å². The van der Waals surface area contributed by atoms with Gasteiger partial charge in [0.2, 0.25) is 0 Å². The number of carbonyl (C=O) groups is 1. The summed E-state index contributed by atoms with van der Waals surface area (Å²) in [4.78, 5) is 13.5. The monoisotopic (exact) mass is 354 g/mol. The third kappa shape index (κ3) is 3.43. The molecule has 106 valence electrons. The minimum Gasteiger partial charge on any atom is -0.338 e. The molecule has 1 aliphatic rings. The Bertz CT molecular complexity index is 464. The molecule has 1 amide bonds. The molecule has 1 heterocycles. The molecular formula is C12H14BrClF2N2O. The van der Waals surface area contributed by atoms with Crippen molar-refractivity contribution in [2.75, 3.05) is 19.6 Å². The van der Waals surface area contributed by atoms with Gasteiger partial charge in [-0.3, -0.25) is 4.79 Å². The van der Waals surface area contributed by atoms with E-state index in [4.69, 9.17) is 5.73 Å². The number of hydrogen-bond acceptors (Lipinski definition) is 2. The predicted molar refractivity (Wildman–Crippen MR) is 74.4 cm³/mol. The molecule has 0 radical (unpaired) electrons. The summed E-state index contributed by atoms with van der Waals surface area (Å²) in [6, 6.07) is 2.18. The van der Waals surface area contributed by atoms with Crippen LogP contribution in [0.1, 0.15) is 16.8 Å². The lowest BCUT2D eigenvalue weighted by Crippen LogP contribution is -2.31. The zero-order valence-corrected chi connectivity index (χ0v) is 12.4. The number of nitrogens with zero attached hydrogens (tertiary/aromatic N) is 1. The standard InChI is InChI=1S/C12H13BrF2N2O.ClH/c13-8-3-9(14)11(10(15)4-8)12(18)17-2-1-7(5-16)6-17;/h3-4,7H,1-2,5-6,16H2;1H. The van der Waals surface area contributed by atoms with Gasteiger partial charge in [0.25, 0.3) is 5.91 Å². The first kappa shape index (κ1) is 16.3. The molecule has 0 saturated carbocycles. The summed E-state index contributed by atoms with van der Waals surface area (Å²) in [6.07, 6.45) is 0.780. The van der Waals surface area contributed by atoms with Gasteiger partial charge in [-0.05, 0) is 31.0 Å². The van der Waals surface area contributed by atoms with Crippen molar-refractivity contribution in [1.29, 1.82) is 0 Å². The lowest BCUT2D eigenvalue weighted by atomic mass is 10.1. The van der Waals surface area contributed by atoms with Crippen LogP contribution < -0.4 is 5.73 Å². The van der Waals surface area contributed by atoms with Crippen LogP contribution in [0, 0.1) is 17.6 Å². The van der Waals surface area contributed by atoms with Gasteiger partial charge in [-0.25, -0.2) is 8.78 Å². The van der Waals surface area contributed by atoms with Crippen molar-refractivity contribution in [3.63, 3.8) is 0 Å². The molecule has 1 unspecified atom stereocenters. The summed E-state index contributed by atoms with van der Waals surface area (Å²) in [6.45, 7) is 1.44. The lowest BCUT2D eigenvalue weighted by molar-refractivity contribution is 0.0778. The van der Waals surface area contributed by atoms with Crippen LogP contribution in [0.4, 0.5) is 8.78 Å². The van der Waals surface area contributed by atoms with Crippen LogP contribution in [-0.4, -0.2) is 30.4 Å². The quantitative estimate of drug-likeness (QED) is 0.886. The SMILES string of the molecule is Cl.NCC1CCN(C(=O)c2c(F)cc(Br)cc2F)C1. The minimum atomic E-state index is -0.844. The fraction of sp³-hybridized carbons (Fsp3) is 0.417. The van der Waals surface area contributed by atoms with Gasteiger partial charge >= 0.3 is 0 Å². The first-order valence-corrected chi connectivity index (χ1v) is 6.46. The Kier molecular flexibility index (Phi) is 5.70. The van der Waals surface area contributed by atoms with E-state index >= 15 is 0 Å². The summed E-state index contributed by atoms with van der Waals surface area (Å²) in [5, 5.41) is 0. The molecule has 19 heavy (non-hydrogen) atoms. The van der Waals surface area contributed by atoms with Crippen LogP contribution in [-0.2, 0) is 0 Å². The second-order valence-electron chi connectivity index (χ2n) is 4.39. The molecule has 0 spiro atoms. The molecule has 3 nitrogen and oxygen atoms in total. The van der Waals surface area contributed by atoms with Gasteiger partial charge in [0, 0.05) is 17.6 Å².